The average Bonchev–Trinajstić information content (AvgIpc) is 2.50. The van der Waals surface area contributed by atoms with Crippen LogP contribution in [0, 0.1) is 0 Å². The zero-order valence-corrected chi connectivity index (χ0v) is 6.23. The van der Waals surface area contributed by atoms with E-state index in [2.05, 4.69) is 22.0 Å². The van der Waals surface area contributed by atoms with Crippen LogP contribution in [0.15, 0.2) is 18.6 Å². The predicted molar refractivity (Wildman–Crippen MR) is 40.2 cm³/mol. The minimum atomic E-state index is 0.671. The molecule has 0 bridgehead atoms. The second-order valence-corrected chi connectivity index (χ2v) is 2.26. The van der Waals surface area contributed by atoms with E-state index in [9.17, 15) is 0 Å². The highest BCUT2D eigenvalue weighted by Crippen LogP contribution is 1.99. The number of rotatable bonds is 1. The number of hydrogen-bond donors (Lipinski definition) is 0. The van der Waals surface area contributed by atoms with E-state index in [1.165, 1.54) is 6.33 Å². The second-order valence-electron chi connectivity index (χ2n) is 2.26. The zero-order chi connectivity index (χ0) is 7.68. The molecule has 0 aliphatic heterocycles. The molecule has 0 fully saturated rings. The van der Waals surface area contributed by atoms with Crippen molar-refractivity contribution in [3.63, 3.8) is 0 Å². The highest BCUT2D eigenvalue weighted by molar-refractivity contribution is 5.26. The third-order valence-electron chi connectivity index (χ3n) is 1.62. The molecule has 4 heteroatoms. The monoisotopic (exact) mass is 148 g/mol. The van der Waals surface area contributed by atoms with Crippen LogP contribution in [-0.4, -0.2) is 19.6 Å². The van der Waals surface area contributed by atoms with Gasteiger partial charge in [0, 0.05) is 11.9 Å². The van der Waals surface area contributed by atoms with Gasteiger partial charge in [-0.1, -0.05) is 6.92 Å². The Labute approximate surface area is 63.9 Å². The smallest absolute Gasteiger partial charge is 0.220 e. The van der Waals surface area contributed by atoms with E-state index >= 15 is 0 Å². The van der Waals surface area contributed by atoms with Gasteiger partial charge in [-0.05, 0) is 12.5 Å². The van der Waals surface area contributed by atoms with E-state index in [0.717, 1.165) is 12.1 Å². The summed E-state index contributed by atoms with van der Waals surface area (Å²) in [6, 6.07) is 1.95. The maximum Gasteiger partial charge on any atom is 0.252 e. The van der Waals surface area contributed by atoms with E-state index in [0.29, 0.717) is 5.78 Å². The van der Waals surface area contributed by atoms with Gasteiger partial charge in [0.1, 0.15) is 6.33 Å². The Balaban J connectivity index is 2.79. The Kier molecular flexibility index (Phi) is 1.31. The first-order valence-corrected chi connectivity index (χ1v) is 3.55. The molecule has 0 radical (unpaired) electrons. The Morgan fingerprint density at radius 1 is 1.45 bits per heavy atom. The highest BCUT2D eigenvalue weighted by Gasteiger charge is 1.98. The van der Waals surface area contributed by atoms with Crippen molar-refractivity contribution in [2.75, 3.05) is 0 Å². The lowest BCUT2D eigenvalue weighted by atomic mass is 10.3. The van der Waals surface area contributed by atoms with Crippen molar-refractivity contribution in [3.8, 4) is 0 Å². The van der Waals surface area contributed by atoms with Gasteiger partial charge in [0.25, 0.3) is 5.78 Å². The summed E-state index contributed by atoms with van der Waals surface area (Å²) >= 11 is 0. The molecule has 2 heterocycles. The van der Waals surface area contributed by atoms with E-state index in [1.54, 1.807) is 10.7 Å². The minimum absolute atomic E-state index is 0.671. The normalized spacial score (nSPS) is 10.6. The predicted octanol–water partition coefficient (Wildman–Crippen LogP) is 0.687. The van der Waals surface area contributed by atoms with Crippen molar-refractivity contribution in [3.05, 3.63) is 24.3 Å². The van der Waals surface area contributed by atoms with Crippen molar-refractivity contribution in [1.82, 2.24) is 19.6 Å². The third kappa shape index (κ3) is 0.869. The van der Waals surface area contributed by atoms with Gasteiger partial charge < -0.3 is 0 Å². The fraction of sp³-hybridized carbons (Fsp3) is 0.286. The standard InChI is InChI=1S/C7H8N4/c1-2-6-3-4-8-7-9-5-10-11(6)7/h3-5H,2H2,1H3. The maximum atomic E-state index is 4.04. The van der Waals surface area contributed by atoms with Gasteiger partial charge >= 0.3 is 0 Å². The van der Waals surface area contributed by atoms with Crippen molar-refractivity contribution in [2.45, 2.75) is 13.3 Å². The Morgan fingerprint density at radius 3 is 3.18 bits per heavy atom. The minimum Gasteiger partial charge on any atom is -0.220 e. The molecule has 11 heavy (non-hydrogen) atoms. The fourth-order valence-electron chi connectivity index (χ4n) is 1.05. The number of nitrogens with zero attached hydrogens (tertiary/aromatic N) is 4. The molecule has 0 saturated carbocycles. The Hall–Kier alpha value is -1.45. The summed E-state index contributed by atoms with van der Waals surface area (Å²) in [4.78, 5) is 8.01. The molecule has 0 amide bonds. The van der Waals surface area contributed by atoms with E-state index in [1.807, 2.05) is 6.07 Å². The highest BCUT2D eigenvalue weighted by atomic mass is 15.3. The summed E-state index contributed by atoms with van der Waals surface area (Å²) in [7, 11) is 0. The molecular formula is C7H8N4. The van der Waals surface area contributed by atoms with Crippen LogP contribution in [0.4, 0.5) is 0 Å². The number of hydrogen-bond acceptors (Lipinski definition) is 3. The van der Waals surface area contributed by atoms with Gasteiger partial charge in [-0.2, -0.15) is 10.1 Å². The third-order valence-corrected chi connectivity index (χ3v) is 1.62. The van der Waals surface area contributed by atoms with Crippen molar-refractivity contribution >= 4 is 5.78 Å². The van der Waals surface area contributed by atoms with Gasteiger partial charge in [-0.3, -0.25) is 0 Å². The lowest BCUT2D eigenvalue weighted by Crippen LogP contribution is -1.97. The molecule has 0 unspecified atom stereocenters. The molecule has 2 aromatic heterocycles. The van der Waals surface area contributed by atoms with Gasteiger partial charge in [0.2, 0.25) is 0 Å². The van der Waals surface area contributed by atoms with Crippen LogP contribution in [0.5, 0.6) is 0 Å². The molecule has 0 aliphatic rings. The molecule has 0 spiro atoms. The van der Waals surface area contributed by atoms with Crippen molar-refractivity contribution < 1.29 is 0 Å². The summed E-state index contributed by atoms with van der Waals surface area (Å²) < 4.78 is 1.75. The number of aryl methyl sites for hydroxylation is 1. The van der Waals surface area contributed by atoms with E-state index in [4.69, 9.17) is 0 Å². The van der Waals surface area contributed by atoms with Crippen LogP contribution in [0.1, 0.15) is 12.6 Å². The van der Waals surface area contributed by atoms with Gasteiger partial charge in [-0.15, -0.1) is 0 Å². The van der Waals surface area contributed by atoms with Crippen molar-refractivity contribution in [2.24, 2.45) is 0 Å². The van der Waals surface area contributed by atoms with Crippen LogP contribution >= 0.6 is 0 Å². The van der Waals surface area contributed by atoms with E-state index in [-0.39, 0.29) is 0 Å². The largest absolute Gasteiger partial charge is 0.252 e. The summed E-state index contributed by atoms with van der Waals surface area (Å²) in [5, 5.41) is 4.03. The first-order valence-electron chi connectivity index (χ1n) is 3.55. The summed E-state index contributed by atoms with van der Waals surface area (Å²) in [5.41, 5.74) is 1.13. The number of aromatic nitrogens is 4. The first kappa shape index (κ1) is 6.27. The molecule has 2 aromatic rings. The van der Waals surface area contributed by atoms with Gasteiger partial charge in [0.05, 0.1) is 0 Å². The summed E-state index contributed by atoms with van der Waals surface area (Å²) in [5.74, 6) is 0.671. The molecule has 2 rings (SSSR count). The van der Waals surface area contributed by atoms with Crippen LogP contribution in [0.25, 0.3) is 5.78 Å². The lowest BCUT2D eigenvalue weighted by molar-refractivity contribution is 0.849. The summed E-state index contributed by atoms with van der Waals surface area (Å²) in [6.07, 6.45) is 4.22. The van der Waals surface area contributed by atoms with Crippen LogP contribution in [-0.2, 0) is 6.42 Å². The summed E-state index contributed by atoms with van der Waals surface area (Å²) in [6.45, 7) is 2.08. The molecule has 0 saturated heterocycles. The zero-order valence-electron chi connectivity index (χ0n) is 6.23. The molecular weight excluding hydrogens is 140 g/mol. The molecule has 0 aliphatic carbocycles. The molecule has 0 aromatic carbocycles. The van der Waals surface area contributed by atoms with Crippen LogP contribution in [0.2, 0.25) is 0 Å². The number of fused-ring (bicyclic) bond motifs is 1. The van der Waals surface area contributed by atoms with E-state index < -0.39 is 0 Å². The molecule has 56 valence electrons. The van der Waals surface area contributed by atoms with Gasteiger partial charge in [-0.25, -0.2) is 9.50 Å². The lowest BCUT2D eigenvalue weighted by Gasteiger charge is -1.96. The molecule has 0 N–H and O–H groups in total. The average molecular weight is 148 g/mol. The maximum absolute atomic E-state index is 4.04. The topological polar surface area (TPSA) is 43.1 Å². The van der Waals surface area contributed by atoms with Gasteiger partial charge in [0.15, 0.2) is 0 Å². The van der Waals surface area contributed by atoms with Crippen LogP contribution < -0.4 is 0 Å². The second kappa shape index (κ2) is 2.30. The Morgan fingerprint density at radius 2 is 2.36 bits per heavy atom. The fourth-order valence-corrected chi connectivity index (χ4v) is 1.05. The van der Waals surface area contributed by atoms with Crippen LogP contribution in [0.3, 0.4) is 0 Å². The van der Waals surface area contributed by atoms with Crippen molar-refractivity contribution in [1.29, 1.82) is 0 Å². The molecule has 4 nitrogen and oxygen atoms in total. The quantitative estimate of drug-likeness (QED) is 0.597. The Bertz CT molecular complexity index is 365. The first-order chi connectivity index (χ1) is 5.42. The molecule has 0 atom stereocenters. The SMILES string of the molecule is CCc1ccnc2ncnn12.